The Morgan fingerprint density at radius 3 is 2.44 bits per heavy atom. The minimum atomic E-state index is -0.479. The van der Waals surface area contributed by atoms with E-state index in [0.717, 1.165) is 5.56 Å². The average Bonchev–Trinajstić information content (AvgIpc) is 2.86. The minimum Gasteiger partial charge on any atom is -0.493 e. The van der Waals surface area contributed by atoms with Crippen LogP contribution >= 0.6 is 12.2 Å². The number of nitrogens with zero attached hydrogens (tertiary/aromatic N) is 1. The van der Waals surface area contributed by atoms with Gasteiger partial charge in [-0.1, -0.05) is 36.4 Å². The molecular formula is C27H31N3O5S. The maximum absolute atomic E-state index is 13.4. The van der Waals surface area contributed by atoms with Gasteiger partial charge in [-0.2, -0.15) is 0 Å². The third kappa shape index (κ3) is 5.68. The highest BCUT2D eigenvalue weighted by Crippen LogP contribution is 2.35. The number of allylic oxidation sites excluding steroid dienone is 1. The molecule has 2 aliphatic rings. The van der Waals surface area contributed by atoms with E-state index in [0.29, 0.717) is 46.5 Å². The lowest BCUT2D eigenvalue weighted by molar-refractivity contribution is -0.145. The van der Waals surface area contributed by atoms with Crippen molar-refractivity contribution in [3.8, 4) is 11.5 Å². The molecule has 0 saturated carbocycles. The Balaban J connectivity index is 1.55. The van der Waals surface area contributed by atoms with E-state index in [1.54, 1.807) is 29.2 Å². The van der Waals surface area contributed by atoms with Gasteiger partial charge in [-0.3, -0.25) is 9.59 Å². The zero-order valence-corrected chi connectivity index (χ0v) is 21.7. The number of carbonyl (C=O) groups excluding carboxylic acids is 2. The van der Waals surface area contributed by atoms with Crippen molar-refractivity contribution in [2.45, 2.75) is 39.0 Å². The van der Waals surface area contributed by atoms with Crippen LogP contribution in [0.4, 0.5) is 0 Å². The van der Waals surface area contributed by atoms with Crippen molar-refractivity contribution in [1.82, 2.24) is 15.5 Å². The molecule has 9 heteroatoms. The van der Waals surface area contributed by atoms with Crippen LogP contribution in [0.3, 0.4) is 0 Å². The fraction of sp³-hybridized carbons (Fsp3) is 0.370. The number of hydrogen-bond acceptors (Lipinski definition) is 6. The quantitative estimate of drug-likeness (QED) is 0.434. The zero-order chi connectivity index (χ0) is 25.8. The van der Waals surface area contributed by atoms with E-state index in [2.05, 4.69) is 10.6 Å². The van der Waals surface area contributed by atoms with E-state index in [-0.39, 0.29) is 30.5 Å². The molecule has 4 rings (SSSR count). The number of morpholine rings is 1. The van der Waals surface area contributed by atoms with E-state index in [9.17, 15) is 9.59 Å². The van der Waals surface area contributed by atoms with Gasteiger partial charge in [0.25, 0.3) is 5.91 Å². The number of benzene rings is 2. The third-order valence-corrected chi connectivity index (χ3v) is 6.41. The summed E-state index contributed by atoms with van der Waals surface area (Å²) in [6.45, 7) is 6.70. The van der Waals surface area contributed by atoms with Gasteiger partial charge in [0.1, 0.15) is 0 Å². The van der Waals surface area contributed by atoms with Gasteiger partial charge < -0.3 is 29.7 Å². The fourth-order valence-corrected chi connectivity index (χ4v) is 4.86. The smallest absolute Gasteiger partial charge is 0.260 e. The molecule has 0 aromatic heterocycles. The summed E-state index contributed by atoms with van der Waals surface area (Å²) >= 11 is 5.38. The van der Waals surface area contributed by atoms with Crippen LogP contribution in [0.5, 0.6) is 11.5 Å². The van der Waals surface area contributed by atoms with Crippen molar-refractivity contribution in [3.63, 3.8) is 0 Å². The standard InChI is InChI=1S/C27H31N3O5S/c1-16-13-30(14-17(2)35-16)23(31)15-34-21-11-10-20(12-22(21)33-4)25-24(18(3)28-27(36)29-25)26(32)19-8-6-5-7-9-19/h5-12,16-17,25H,13-15H2,1-4H3,(H2,28,29,36)/t16-,17+,25-/m0/s1. The molecule has 2 heterocycles. The predicted molar refractivity (Wildman–Crippen MR) is 140 cm³/mol. The Kier molecular flexibility index (Phi) is 7.91. The molecule has 0 unspecified atom stereocenters. The summed E-state index contributed by atoms with van der Waals surface area (Å²) in [4.78, 5) is 27.9. The maximum Gasteiger partial charge on any atom is 0.260 e. The number of nitrogens with one attached hydrogen (secondary N) is 2. The summed E-state index contributed by atoms with van der Waals surface area (Å²) < 4.78 is 17.1. The molecular weight excluding hydrogens is 478 g/mol. The first-order valence-electron chi connectivity index (χ1n) is 11.9. The fourth-order valence-electron chi connectivity index (χ4n) is 4.59. The van der Waals surface area contributed by atoms with Gasteiger partial charge >= 0.3 is 0 Å². The van der Waals surface area contributed by atoms with Crippen molar-refractivity contribution >= 4 is 29.0 Å². The van der Waals surface area contributed by atoms with Crippen LogP contribution in [-0.2, 0) is 9.53 Å². The van der Waals surface area contributed by atoms with Crippen LogP contribution < -0.4 is 20.1 Å². The molecule has 8 nitrogen and oxygen atoms in total. The molecule has 2 aromatic carbocycles. The van der Waals surface area contributed by atoms with Gasteiger partial charge in [0.05, 0.1) is 25.4 Å². The highest BCUT2D eigenvalue weighted by Gasteiger charge is 2.31. The molecule has 2 N–H and O–H groups in total. The van der Waals surface area contributed by atoms with Crippen LogP contribution in [0.1, 0.15) is 42.7 Å². The van der Waals surface area contributed by atoms with Crippen molar-refractivity contribution in [1.29, 1.82) is 0 Å². The van der Waals surface area contributed by atoms with E-state index in [1.165, 1.54) is 7.11 Å². The second-order valence-corrected chi connectivity index (χ2v) is 9.43. The van der Waals surface area contributed by atoms with Crippen molar-refractivity contribution in [2.24, 2.45) is 0 Å². The largest absolute Gasteiger partial charge is 0.493 e. The number of rotatable bonds is 7. The highest BCUT2D eigenvalue weighted by molar-refractivity contribution is 7.80. The van der Waals surface area contributed by atoms with Crippen LogP contribution in [-0.4, -0.2) is 60.7 Å². The number of amides is 1. The number of ether oxygens (including phenoxy) is 3. The lowest BCUT2D eigenvalue weighted by atomic mass is 9.89. The van der Waals surface area contributed by atoms with Crippen LogP contribution in [0.25, 0.3) is 0 Å². The lowest BCUT2D eigenvalue weighted by Crippen LogP contribution is -2.49. The number of Topliss-reactive ketones (excluding diaryl/α,β-unsaturated/α-hetero) is 1. The van der Waals surface area contributed by atoms with E-state index >= 15 is 0 Å². The first-order valence-corrected chi connectivity index (χ1v) is 12.3. The topological polar surface area (TPSA) is 89.1 Å². The molecule has 2 aromatic rings. The molecule has 0 radical (unpaired) electrons. The Hall–Kier alpha value is -3.43. The SMILES string of the molecule is COc1cc([C@@H]2NC(=S)NC(C)=C2C(=O)c2ccccc2)ccc1OCC(=O)N1C[C@@H](C)O[C@@H](C)C1. The van der Waals surface area contributed by atoms with Gasteiger partial charge in [0, 0.05) is 29.9 Å². The predicted octanol–water partition coefficient (Wildman–Crippen LogP) is 3.39. The average molecular weight is 510 g/mol. The van der Waals surface area contributed by atoms with Crippen LogP contribution in [0.15, 0.2) is 59.8 Å². The first-order chi connectivity index (χ1) is 17.3. The minimum absolute atomic E-state index is 0.0145. The molecule has 2 aliphatic heterocycles. The van der Waals surface area contributed by atoms with Gasteiger partial charge in [-0.15, -0.1) is 0 Å². The monoisotopic (exact) mass is 509 g/mol. The molecule has 0 aliphatic carbocycles. The maximum atomic E-state index is 13.4. The van der Waals surface area contributed by atoms with E-state index < -0.39 is 6.04 Å². The Bertz CT molecular complexity index is 1170. The van der Waals surface area contributed by atoms with Gasteiger partial charge in [-0.25, -0.2) is 0 Å². The lowest BCUT2D eigenvalue weighted by Gasteiger charge is -2.35. The molecule has 36 heavy (non-hydrogen) atoms. The first kappa shape index (κ1) is 25.7. The summed E-state index contributed by atoms with van der Waals surface area (Å²) in [6, 6.07) is 14.0. The van der Waals surface area contributed by atoms with Gasteiger partial charge in [0.2, 0.25) is 0 Å². The molecule has 0 spiro atoms. The molecule has 1 saturated heterocycles. The second kappa shape index (κ2) is 11.1. The summed E-state index contributed by atoms with van der Waals surface area (Å²) in [5, 5.41) is 6.70. The summed E-state index contributed by atoms with van der Waals surface area (Å²) in [5.74, 6) is 0.693. The molecule has 1 fully saturated rings. The van der Waals surface area contributed by atoms with Crippen molar-refractivity contribution in [3.05, 3.63) is 70.9 Å². The number of thiocarbonyl (C=S) groups is 1. The van der Waals surface area contributed by atoms with E-state index in [1.807, 2.05) is 45.0 Å². The van der Waals surface area contributed by atoms with Crippen molar-refractivity contribution in [2.75, 3.05) is 26.8 Å². The van der Waals surface area contributed by atoms with Gasteiger partial charge in [0.15, 0.2) is 29.0 Å². The molecule has 3 atom stereocenters. The number of ketones is 1. The Labute approximate surface area is 216 Å². The third-order valence-electron chi connectivity index (χ3n) is 6.19. The van der Waals surface area contributed by atoms with Gasteiger partial charge in [-0.05, 0) is 50.7 Å². The number of hydrogen-bond donors (Lipinski definition) is 2. The van der Waals surface area contributed by atoms with Crippen LogP contribution in [0, 0.1) is 0 Å². The van der Waals surface area contributed by atoms with Crippen molar-refractivity contribution < 1.29 is 23.8 Å². The number of methoxy groups -OCH3 is 1. The Morgan fingerprint density at radius 2 is 1.78 bits per heavy atom. The van der Waals surface area contributed by atoms with E-state index in [4.69, 9.17) is 26.4 Å². The molecule has 0 bridgehead atoms. The molecule has 190 valence electrons. The molecule has 1 amide bonds. The summed E-state index contributed by atoms with van der Waals surface area (Å²) in [6.07, 6.45) is -0.0289. The van der Waals surface area contributed by atoms with Crippen LogP contribution in [0.2, 0.25) is 0 Å². The summed E-state index contributed by atoms with van der Waals surface area (Å²) in [5.41, 5.74) is 2.63. The Morgan fingerprint density at radius 1 is 1.08 bits per heavy atom. The normalized spacial score (nSPS) is 21.9. The number of carbonyl (C=O) groups is 2. The highest BCUT2D eigenvalue weighted by atomic mass is 32.1. The summed E-state index contributed by atoms with van der Waals surface area (Å²) in [7, 11) is 1.54. The zero-order valence-electron chi connectivity index (χ0n) is 20.9. The second-order valence-electron chi connectivity index (χ2n) is 9.02.